The average molecular weight is 657 g/mol. The molecule has 2 heterocycles. The minimum atomic E-state index is -1.14. The van der Waals surface area contributed by atoms with Crippen LogP contribution < -0.4 is 5.32 Å². The molecule has 2 saturated heterocycles. The molecular formula is C34H52N6O7. The first-order valence-corrected chi connectivity index (χ1v) is 16.7. The maximum absolute atomic E-state index is 14.0. The van der Waals surface area contributed by atoms with Crippen molar-refractivity contribution in [2.45, 2.75) is 104 Å². The summed E-state index contributed by atoms with van der Waals surface area (Å²) in [6, 6.07) is 7.23. The number of hydrogen-bond donors (Lipinski definition) is 2. The van der Waals surface area contributed by atoms with Gasteiger partial charge in [-0.15, -0.1) is 0 Å². The van der Waals surface area contributed by atoms with Crippen molar-refractivity contribution in [1.29, 1.82) is 0 Å². The van der Waals surface area contributed by atoms with Gasteiger partial charge in [-0.2, -0.15) is 0 Å². The molecule has 3 rings (SSSR count). The first kappa shape index (κ1) is 37.5. The maximum atomic E-state index is 14.0. The fourth-order valence-electron chi connectivity index (χ4n) is 6.25. The van der Waals surface area contributed by atoms with Crippen molar-refractivity contribution < 1.29 is 33.9 Å². The lowest BCUT2D eigenvalue weighted by Crippen LogP contribution is -2.57. The molecule has 0 aliphatic carbocycles. The van der Waals surface area contributed by atoms with E-state index in [9.17, 15) is 33.9 Å². The molecule has 0 spiro atoms. The van der Waals surface area contributed by atoms with Crippen LogP contribution in [0.1, 0.15) is 72.8 Å². The predicted molar refractivity (Wildman–Crippen MR) is 176 cm³/mol. The van der Waals surface area contributed by atoms with Crippen LogP contribution in [0, 0.1) is 0 Å². The van der Waals surface area contributed by atoms with E-state index in [2.05, 4.69) is 5.32 Å². The minimum absolute atomic E-state index is 0.0698. The highest BCUT2D eigenvalue weighted by atomic mass is 16.4. The van der Waals surface area contributed by atoms with Crippen molar-refractivity contribution >= 4 is 35.5 Å². The quantitative estimate of drug-likeness (QED) is 0.289. The lowest BCUT2D eigenvalue weighted by molar-refractivity contribution is -0.153. The number of rotatable bonds is 15. The molecule has 1 aromatic rings. The van der Waals surface area contributed by atoms with Gasteiger partial charge < -0.3 is 34.9 Å². The van der Waals surface area contributed by atoms with Crippen molar-refractivity contribution in [3.63, 3.8) is 0 Å². The number of nitrogens with one attached hydrogen (secondary N) is 1. The minimum Gasteiger partial charge on any atom is -0.480 e. The highest BCUT2D eigenvalue weighted by Gasteiger charge is 2.44. The van der Waals surface area contributed by atoms with E-state index in [4.69, 9.17) is 0 Å². The van der Waals surface area contributed by atoms with Crippen LogP contribution in [0.4, 0.5) is 0 Å². The molecule has 2 aliphatic heterocycles. The SMILES string of the molecule is CC(C)N(CC(=O)O)C(=O)CN(C(=O)[C@H]1CCCN1C(=O)[C@H]1CCCN1C(=O)CN(C(=O)CNCc1ccccc1)C(C)C)C(C)C. The van der Waals surface area contributed by atoms with E-state index in [-0.39, 0.29) is 61.4 Å². The van der Waals surface area contributed by atoms with Gasteiger partial charge in [0.15, 0.2) is 0 Å². The summed E-state index contributed by atoms with van der Waals surface area (Å²) in [5.41, 5.74) is 1.04. The van der Waals surface area contributed by atoms with Crippen molar-refractivity contribution in [1.82, 2.24) is 29.8 Å². The fraction of sp³-hybridized carbons (Fsp3) is 0.647. The molecule has 13 nitrogen and oxygen atoms in total. The van der Waals surface area contributed by atoms with E-state index in [0.29, 0.717) is 45.3 Å². The second-order valence-electron chi connectivity index (χ2n) is 13.2. The van der Waals surface area contributed by atoms with Crippen LogP contribution in [-0.4, -0.2) is 135 Å². The molecule has 0 aromatic heterocycles. The van der Waals surface area contributed by atoms with Crippen molar-refractivity contribution in [3.8, 4) is 0 Å². The number of carboxylic acids is 1. The summed E-state index contributed by atoms with van der Waals surface area (Å²) in [6.07, 6.45) is 2.12. The van der Waals surface area contributed by atoms with Crippen LogP contribution in [0.5, 0.6) is 0 Å². The molecule has 0 unspecified atom stereocenters. The fourth-order valence-corrected chi connectivity index (χ4v) is 6.25. The van der Waals surface area contributed by atoms with Gasteiger partial charge in [-0.25, -0.2) is 0 Å². The Labute approximate surface area is 278 Å². The molecule has 5 amide bonds. The van der Waals surface area contributed by atoms with Crippen LogP contribution in [0.2, 0.25) is 0 Å². The molecule has 13 heteroatoms. The van der Waals surface area contributed by atoms with E-state index in [1.165, 1.54) is 19.6 Å². The summed E-state index contributed by atoms with van der Waals surface area (Å²) in [5, 5.41) is 12.4. The average Bonchev–Trinajstić information content (AvgIpc) is 3.71. The zero-order valence-electron chi connectivity index (χ0n) is 28.7. The molecule has 0 saturated carbocycles. The van der Waals surface area contributed by atoms with Crippen LogP contribution in [-0.2, 0) is 35.3 Å². The van der Waals surface area contributed by atoms with Crippen LogP contribution in [0.25, 0.3) is 0 Å². The Morgan fingerprint density at radius 1 is 0.745 bits per heavy atom. The molecule has 2 atom stereocenters. The summed E-state index contributed by atoms with van der Waals surface area (Å²) in [6.45, 7) is 11.1. The molecule has 0 bridgehead atoms. The Morgan fingerprint density at radius 3 is 1.87 bits per heavy atom. The number of benzene rings is 1. The van der Waals surface area contributed by atoms with Gasteiger partial charge in [0.2, 0.25) is 29.5 Å². The van der Waals surface area contributed by atoms with Gasteiger partial charge in [0, 0.05) is 37.8 Å². The molecule has 0 radical (unpaired) electrons. The third-order valence-corrected chi connectivity index (χ3v) is 8.84. The highest BCUT2D eigenvalue weighted by molar-refractivity contribution is 5.95. The summed E-state index contributed by atoms with van der Waals surface area (Å²) < 4.78 is 0. The van der Waals surface area contributed by atoms with Crippen molar-refractivity contribution in [2.75, 3.05) is 39.3 Å². The van der Waals surface area contributed by atoms with Crippen LogP contribution >= 0.6 is 0 Å². The number of nitrogens with zero attached hydrogens (tertiary/aromatic N) is 5. The number of carbonyl (C=O) groups is 6. The van der Waals surface area contributed by atoms with Crippen LogP contribution in [0.3, 0.4) is 0 Å². The lowest BCUT2D eigenvalue weighted by atomic mass is 10.1. The monoisotopic (exact) mass is 656 g/mol. The van der Waals surface area contributed by atoms with E-state index in [0.717, 1.165) is 5.56 Å². The molecule has 260 valence electrons. The molecule has 1 aromatic carbocycles. The van der Waals surface area contributed by atoms with Crippen LogP contribution in [0.15, 0.2) is 30.3 Å². The van der Waals surface area contributed by atoms with Gasteiger partial charge in [0.1, 0.15) is 31.7 Å². The van der Waals surface area contributed by atoms with Crippen molar-refractivity contribution in [2.24, 2.45) is 0 Å². The first-order valence-electron chi connectivity index (χ1n) is 16.7. The van der Waals surface area contributed by atoms with Gasteiger partial charge in [-0.05, 0) is 72.8 Å². The standard InChI is InChI=1S/C34H52N6O7/c1-23(2)38(29(41)19-35-18-26-12-8-7-9-13-26)20-30(42)36-16-10-14-27(36)33(46)37-17-11-15-28(37)34(47)40(25(5)6)21-31(43)39(24(3)4)22-32(44)45/h7-9,12-13,23-25,27-28,35H,10-11,14-22H2,1-6H3,(H,44,45)/t27-,28-/m1/s1. The summed E-state index contributed by atoms with van der Waals surface area (Å²) in [5.74, 6) is -2.81. The molecule has 47 heavy (non-hydrogen) atoms. The Kier molecular flexibility index (Phi) is 13.7. The van der Waals surface area contributed by atoms with Gasteiger partial charge in [0.25, 0.3) is 0 Å². The second-order valence-corrected chi connectivity index (χ2v) is 13.2. The highest BCUT2D eigenvalue weighted by Crippen LogP contribution is 2.27. The predicted octanol–water partition coefficient (Wildman–Crippen LogP) is 1.55. The molecule has 2 aliphatic rings. The number of aliphatic carboxylic acids is 1. The van der Waals surface area contributed by atoms with E-state index in [1.54, 1.807) is 32.6 Å². The van der Waals surface area contributed by atoms with Gasteiger partial charge >= 0.3 is 5.97 Å². The van der Waals surface area contributed by atoms with Gasteiger partial charge in [-0.1, -0.05) is 30.3 Å². The third kappa shape index (κ3) is 9.99. The van der Waals surface area contributed by atoms with Crippen molar-refractivity contribution in [3.05, 3.63) is 35.9 Å². The number of amides is 5. The number of carboxylic acid groups (broad SMARTS) is 1. The third-order valence-electron chi connectivity index (χ3n) is 8.84. The summed E-state index contributed by atoms with van der Waals surface area (Å²) in [4.78, 5) is 86.2. The first-order chi connectivity index (χ1) is 22.2. The number of likely N-dealkylation sites (tertiary alicyclic amines) is 2. The Morgan fingerprint density at radius 2 is 1.30 bits per heavy atom. The Balaban J connectivity index is 1.67. The zero-order chi connectivity index (χ0) is 34.8. The summed E-state index contributed by atoms with van der Waals surface area (Å²) in [7, 11) is 0. The molecule has 2 fully saturated rings. The van der Waals surface area contributed by atoms with Gasteiger partial charge in [-0.3, -0.25) is 28.8 Å². The van der Waals surface area contributed by atoms with Gasteiger partial charge in [0.05, 0.1) is 6.54 Å². The zero-order valence-corrected chi connectivity index (χ0v) is 28.7. The molecule has 2 N–H and O–H groups in total. The Hall–Kier alpha value is -4.00. The lowest BCUT2D eigenvalue weighted by Gasteiger charge is -2.36. The Bertz CT molecular complexity index is 1270. The number of hydrogen-bond acceptors (Lipinski definition) is 7. The van der Waals surface area contributed by atoms with E-state index >= 15 is 0 Å². The normalized spacial score (nSPS) is 17.8. The summed E-state index contributed by atoms with van der Waals surface area (Å²) >= 11 is 0. The van der Waals surface area contributed by atoms with E-state index in [1.807, 2.05) is 44.2 Å². The van der Waals surface area contributed by atoms with E-state index < -0.39 is 30.5 Å². The topological polar surface area (TPSA) is 151 Å². The smallest absolute Gasteiger partial charge is 0.323 e. The maximum Gasteiger partial charge on any atom is 0.323 e. The molecular weight excluding hydrogens is 604 g/mol. The largest absolute Gasteiger partial charge is 0.480 e. The second kappa shape index (κ2) is 17.2. The number of carbonyl (C=O) groups excluding carboxylic acids is 5.